The number of hydrogen-bond donors (Lipinski definition) is 2. The topological polar surface area (TPSA) is 112 Å². The van der Waals surface area contributed by atoms with Gasteiger partial charge < -0.3 is 29.2 Å². The van der Waals surface area contributed by atoms with E-state index in [0.717, 1.165) is 0 Å². The van der Waals surface area contributed by atoms with Crippen LogP contribution in [0.25, 0.3) is 11.1 Å². The minimum atomic E-state index is -0.319. The van der Waals surface area contributed by atoms with Gasteiger partial charge in [-0.15, -0.1) is 0 Å². The Morgan fingerprint density at radius 1 is 0.656 bits per heavy atom. The van der Waals surface area contributed by atoms with Crippen LogP contribution in [0.3, 0.4) is 0 Å². The molecule has 0 fully saturated rings. The highest BCUT2D eigenvalue weighted by molar-refractivity contribution is 5.99. The van der Waals surface area contributed by atoms with Crippen LogP contribution in [0.5, 0.6) is 34.5 Å². The van der Waals surface area contributed by atoms with E-state index in [1.54, 1.807) is 0 Å². The molecule has 0 unspecified atom stereocenters. The molecule has 32 heavy (non-hydrogen) atoms. The lowest BCUT2D eigenvalue weighted by Gasteiger charge is -2.31. The van der Waals surface area contributed by atoms with Gasteiger partial charge in [0.1, 0.15) is 0 Å². The first-order chi connectivity index (χ1) is 15.3. The number of phenolic OH excluding ortho intramolecular Hbond substituents is 2. The van der Waals surface area contributed by atoms with Crippen LogP contribution in [-0.4, -0.2) is 51.2 Å². The first-order valence-electron chi connectivity index (χ1n) is 10.2. The van der Waals surface area contributed by atoms with Gasteiger partial charge in [0.15, 0.2) is 35.6 Å². The molecule has 0 heterocycles. The van der Waals surface area contributed by atoms with Crippen LogP contribution < -0.4 is 18.9 Å². The van der Waals surface area contributed by atoms with Gasteiger partial charge in [0.05, 0.1) is 39.6 Å². The molecular weight excluding hydrogens is 416 g/mol. The van der Waals surface area contributed by atoms with E-state index in [2.05, 4.69) is 0 Å². The second kappa shape index (κ2) is 8.98. The third-order valence-corrected chi connectivity index (χ3v) is 6.39. The van der Waals surface area contributed by atoms with Gasteiger partial charge in [0.25, 0.3) is 0 Å². The van der Waals surface area contributed by atoms with Crippen LogP contribution in [-0.2, 0) is 12.8 Å². The highest BCUT2D eigenvalue weighted by Gasteiger charge is 2.36. The van der Waals surface area contributed by atoms with Crippen LogP contribution in [0.4, 0.5) is 0 Å². The van der Waals surface area contributed by atoms with Gasteiger partial charge in [0.2, 0.25) is 11.5 Å². The molecule has 0 saturated heterocycles. The summed E-state index contributed by atoms with van der Waals surface area (Å²) in [5.74, 6) is -0.126. The molecule has 1 aliphatic rings. The molecule has 0 bridgehead atoms. The van der Waals surface area contributed by atoms with Gasteiger partial charge >= 0.3 is 0 Å². The highest BCUT2D eigenvalue weighted by Crippen LogP contribution is 2.57. The molecule has 1 aliphatic carbocycles. The van der Waals surface area contributed by atoms with E-state index in [1.165, 1.54) is 28.4 Å². The SMILES string of the molecule is COc1c(O)c(C=O)c2c(c1OC)-c1c(c(C=O)c(O)c(OC)c1OC)C[C@H](C)[C@H](C)C2. The zero-order chi connectivity index (χ0) is 23.7. The summed E-state index contributed by atoms with van der Waals surface area (Å²) in [4.78, 5) is 24.2. The van der Waals surface area contributed by atoms with Crippen molar-refractivity contribution in [2.24, 2.45) is 11.8 Å². The zero-order valence-corrected chi connectivity index (χ0v) is 19.1. The predicted octanol–water partition coefficient (Wildman–Crippen LogP) is 3.80. The summed E-state index contributed by atoms with van der Waals surface area (Å²) in [5, 5.41) is 21.6. The Morgan fingerprint density at radius 2 is 0.969 bits per heavy atom. The van der Waals surface area contributed by atoms with Crippen molar-refractivity contribution in [3.63, 3.8) is 0 Å². The molecular formula is C24H28O8. The third kappa shape index (κ3) is 3.30. The molecule has 0 amide bonds. The second-order valence-electron chi connectivity index (χ2n) is 7.96. The molecule has 8 nitrogen and oxygen atoms in total. The summed E-state index contributed by atoms with van der Waals surface area (Å²) in [5.41, 5.74) is 2.14. The van der Waals surface area contributed by atoms with E-state index >= 15 is 0 Å². The third-order valence-electron chi connectivity index (χ3n) is 6.39. The van der Waals surface area contributed by atoms with Crippen molar-refractivity contribution < 1.29 is 38.7 Å². The van der Waals surface area contributed by atoms with Crippen molar-refractivity contribution in [3.05, 3.63) is 22.3 Å². The van der Waals surface area contributed by atoms with Crippen molar-refractivity contribution in [3.8, 4) is 45.6 Å². The first-order valence-corrected chi connectivity index (χ1v) is 10.2. The average molecular weight is 444 g/mol. The van der Waals surface area contributed by atoms with Crippen LogP contribution in [0.2, 0.25) is 0 Å². The van der Waals surface area contributed by atoms with E-state index in [1.807, 2.05) is 13.8 Å². The molecule has 2 N–H and O–H groups in total. The van der Waals surface area contributed by atoms with Gasteiger partial charge in [-0.25, -0.2) is 0 Å². The maximum absolute atomic E-state index is 12.1. The first kappa shape index (κ1) is 23.2. The molecule has 2 atom stereocenters. The van der Waals surface area contributed by atoms with Gasteiger partial charge in [0, 0.05) is 11.1 Å². The molecule has 0 saturated carbocycles. The molecule has 0 radical (unpaired) electrons. The number of ether oxygens (including phenoxy) is 4. The maximum Gasteiger partial charge on any atom is 0.204 e. The lowest BCUT2D eigenvalue weighted by atomic mass is 9.75. The van der Waals surface area contributed by atoms with Gasteiger partial charge in [-0.05, 0) is 35.8 Å². The highest BCUT2D eigenvalue weighted by atomic mass is 16.5. The maximum atomic E-state index is 12.1. The van der Waals surface area contributed by atoms with Crippen LogP contribution >= 0.6 is 0 Å². The fourth-order valence-corrected chi connectivity index (χ4v) is 4.54. The molecule has 3 rings (SSSR count). The van der Waals surface area contributed by atoms with E-state index in [-0.39, 0.29) is 57.5 Å². The van der Waals surface area contributed by atoms with E-state index in [9.17, 15) is 19.8 Å². The average Bonchev–Trinajstić information content (AvgIpc) is 2.78. The van der Waals surface area contributed by atoms with E-state index in [4.69, 9.17) is 18.9 Å². The minimum Gasteiger partial charge on any atom is -0.504 e. The fraction of sp³-hybridized carbons (Fsp3) is 0.417. The van der Waals surface area contributed by atoms with Crippen molar-refractivity contribution in [2.75, 3.05) is 28.4 Å². The van der Waals surface area contributed by atoms with Gasteiger partial charge in [-0.2, -0.15) is 0 Å². The number of benzene rings is 2. The van der Waals surface area contributed by atoms with E-state index < -0.39 is 0 Å². The minimum absolute atomic E-state index is 0.0117. The number of rotatable bonds is 6. The van der Waals surface area contributed by atoms with Crippen molar-refractivity contribution >= 4 is 12.6 Å². The molecule has 8 heteroatoms. The molecule has 2 aromatic rings. The van der Waals surface area contributed by atoms with Crippen LogP contribution in [0.15, 0.2) is 0 Å². The van der Waals surface area contributed by atoms with Crippen molar-refractivity contribution in [1.82, 2.24) is 0 Å². The molecule has 0 aliphatic heterocycles. The molecule has 0 aromatic heterocycles. The number of hydrogen-bond acceptors (Lipinski definition) is 8. The van der Waals surface area contributed by atoms with Gasteiger partial charge in [-0.1, -0.05) is 13.8 Å². The summed E-state index contributed by atoms with van der Waals surface area (Å²) in [6.45, 7) is 4.06. The quantitative estimate of drug-likeness (QED) is 0.648. The summed E-state index contributed by atoms with van der Waals surface area (Å²) in [6.07, 6.45) is 2.08. The molecule has 0 spiro atoms. The fourth-order valence-electron chi connectivity index (χ4n) is 4.54. The Bertz CT molecular complexity index is 988. The number of fused-ring (bicyclic) bond motifs is 3. The Kier molecular flexibility index (Phi) is 6.52. The number of aromatic hydroxyl groups is 2. The number of aldehydes is 2. The van der Waals surface area contributed by atoms with Crippen LogP contribution in [0.1, 0.15) is 45.7 Å². The predicted molar refractivity (Wildman–Crippen MR) is 118 cm³/mol. The van der Waals surface area contributed by atoms with Crippen molar-refractivity contribution in [2.45, 2.75) is 26.7 Å². The number of carbonyl (C=O) groups excluding carboxylic acids is 2. The Hall–Kier alpha value is -3.42. The summed E-state index contributed by atoms with van der Waals surface area (Å²) in [7, 11) is 5.57. The molecule has 2 aromatic carbocycles. The Labute approximate surface area is 186 Å². The smallest absolute Gasteiger partial charge is 0.204 e. The summed E-state index contributed by atoms with van der Waals surface area (Å²) >= 11 is 0. The standard InChI is InChI=1S/C24H28O8/c1-11-7-13-15(9-25)19(27)23(31-5)21(29-3)17(13)18-14(8-12(11)2)16(10-26)20(28)24(32-6)22(18)30-4/h9-12,27-28H,7-8H2,1-6H3/t11-,12+. The lowest BCUT2D eigenvalue weighted by Crippen LogP contribution is -2.20. The second-order valence-corrected chi connectivity index (χ2v) is 7.96. The van der Waals surface area contributed by atoms with E-state index in [0.29, 0.717) is 47.7 Å². The summed E-state index contributed by atoms with van der Waals surface area (Å²) in [6, 6.07) is 0. The Balaban J connectivity index is 2.69. The monoisotopic (exact) mass is 444 g/mol. The number of phenols is 2. The van der Waals surface area contributed by atoms with Crippen molar-refractivity contribution in [1.29, 1.82) is 0 Å². The number of carbonyl (C=O) groups is 2. The molecule has 172 valence electrons. The number of methoxy groups -OCH3 is 4. The normalized spacial score (nSPS) is 17.3. The largest absolute Gasteiger partial charge is 0.504 e. The Morgan fingerprint density at radius 3 is 1.22 bits per heavy atom. The van der Waals surface area contributed by atoms with Gasteiger partial charge in [-0.3, -0.25) is 9.59 Å². The zero-order valence-electron chi connectivity index (χ0n) is 19.1. The lowest BCUT2D eigenvalue weighted by molar-refractivity contribution is 0.111. The van der Waals surface area contributed by atoms with Crippen LogP contribution in [0, 0.1) is 11.8 Å². The summed E-state index contributed by atoms with van der Waals surface area (Å²) < 4.78 is 22.1.